The molecule has 0 unspecified atom stereocenters. The Hall–Kier alpha value is -1.88. The van der Waals surface area contributed by atoms with Crippen molar-refractivity contribution in [2.45, 2.75) is 25.8 Å². The SMILES string of the molecule is CCC(=O)OC(=O)[C@@H](N)Cc1ccc(N)cc1. The van der Waals surface area contributed by atoms with Gasteiger partial charge in [-0.05, 0) is 24.1 Å². The molecule has 5 heteroatoms. The molecule has 0 saturated heterocycles. The molecule has 4 N–H and O–H groups in total. The number of anilines is 1. The number of hydrogen-bond acceptors (Lipinski definition) is 5. The number of benzene rings is 1. The van der Waals surface area contributed by atoms with Gasteiger partial charge in [0.05, 0.1) is 0 Å². The van der Waals surface area contributed by atoms with Gasteiger partial charge in [0.25, 0.3) is 0 Å². The van der Waals surface area contributed by atoms with E-state index in [9.17, 15) is 9.59 Å². The molecule has 0 saturated carbocycles. The van der Waals surface area contributed by atoms with Crippen LogP contribution in [0.15, 0.2) is 24.3 Å². The second kappa shape index (κ2) is 6.00. The van der Waals surface area contributed by atoms with Crippen LogP contribution >= 0.6 is 0 Å². The van der Waals surface area contributed by atoms with Crippen LogP contribution in [0.2, 0.25) is 0 Å². The number of rotatable bonds is 4. The molecule has 1 atom stereocenters. The van der Waals surface area contributed by atoms with E-state index in [0.29, 0.717) is 12.1 Å². The highest BCUT2D eigenvalue weighted by Crippen LogP contribution is 2.08. The third-order valence-electron chi connectivity index (χ3n) is 2.24. The monoisotopic (exact) mass is 236 g/mol. The first-order valence-corrected chi connectivity index (χ1v) is 5.37. The van der Waals surface area contributed by atoms with Crippen LogP contribution in [0.5, 0.6) is 0 Å². The first kappa shape index (κ1) is 13.2. The molecule has 0 bridgehead atoms. The Balaban J connectivity index is 2.54. The summed E-state index contributed by atoms with van der Waals surface area (Å²) in [6, 6.07) is 6.18. The largest absolute Gasteiger partial charge is 0.399 e. The number of carbonyl (C=O) groups is 2. The van der Waals surface area contributed by atoms with E-state index in [0.717, 1.165) is 5.56 Å². The number of nitrogens with two attached hydrogens (primary N) is 2. The summed E-state index contributed by atoms with van der Waals surface area (Å²) in [5.74, 6) is -1.27. The molecular formula is C12H16N2O3. The highest BCUT2D eigenvalue weighted by Gasteiger charge is 2.18. The van der Waals surface area contributed by atoms with Crippen LogP contribution in [-0.2, 0) is 20.7 Å². The van der Waals surface area contributed by atoms with Crippen molar-refractivity contribution in [3.05, 3.63) is 29.8 Å². The first-order valence-electron chi connectivity index (χ1n) is 5.37. The molecule has 1 aromatic carbocycles. The van der Waals surface area contributed by atoms with E-state index in [4.69, 9.17) is 11.5 Å². The Bertz CT molecular complexity index is 401. The van der Waals surface area contributed by atoms with E-state index >= 15 is 0 Å². The minimum atomic E-state index is -0.839. The van der Waals surface area contributed by atoms with Gasteiger partial charge in [0.2, 0.25) is 0 Å². The second-order valence-electron chi connectivity index (χ2n) is 3.70. The van der Waals surface area contributed by atoms with Gasteiger partial charge in [0.1, 0.15) is 6.04 Å². The quantitative estimate of drug-likeness (QED) is 0.454. The van der Waals surface area contributed by atoms with Gasteiger partial charge >= 0.3 is 11.9 Å². The van der Waals surface area contributed by atoms with Crippen LogP contribution in [0.3, 0.4) is 0 Å². The van der Waals surface area contributed by atoms with Crippen LogP contribution < -0.4 is 11.5 Å². The van der Waals surface area contributed by atoms with Gasteiger partial charge in [-0.1, -0.05) is 19.1 Å². The van der Waals surface area contributed by atoms with Crippen molar-refractivity contribution in [1.29, 1.82) is 0 Å². The lowest BCUT2D eigenvalue weighted by molar-refractivity contribution is -0.160. The Morgan fingerprint density at radius 2 is 1.88 bits per heavy atom. The lowest BCUT2D eigenvalue weighted by Crippen LogP contribution is -2.35. The van der Waals surface area contributed by atoms with Crippen molar-refractivity contribution in [3.8, 4) is 0 Å². The summed E-state index contributed by atoms with van der Waals surface area (Å²) in [5.41, 5.74) is 12.7. The smallest absolute Gasteiger partial charge is 0.330 e. The first-order chi connectivity index (χ1) is 8.02. The number of hydrogen-bond donors (Lipinski definition) is 2. The molecule has 0 radical (unpaired) electrons. The van der Waals surface area contributed by atoms with E-state index in [1.54, 1.807) is 31.2 Å². The molecule has 0 spiro atoms. The molecule has 17 heavy (non-hydrogen) atoms. The summed E-state index contributed by atoms with van der Waals surface area (Å²) in [6.07, 6.45) is 0.469. The fraction of sp³-hybridized carbons (Fsp3) is 0.333. The van der Waals surface area contributed by atoms with Gasteiger partial charge in [-0.3, -0.25) is 4.79 Å². The molecule has 0 fully saturated rings. The Labute approximate surface area is 99.7 Å². The standard InChI is InChI=1S/C12H16N2O3/c1-2-11(15)17-12(16)10(14)7-8-3-5-9(13)6-4-8/h3-6,10H,2,7,13-14H2,1H3/t10-/m0/s1. The van der Waals surface area contributed by atoms with Crippen molar-refractivity contribution in [3.63, 3.8) is 0 Å². The molecule has 0 aliphatic rings. The third kappa shape index (κ3) is 4.24. The Morgan fingerprint density at radius 1 is 1.29 bits per heavy atom. The lowest BCUT2D eigenvalue weighted by atomic mass is 10.1. The lowest BCUT2D eigenvalue weighted by Gasteiger charge is -2.10. The van der Waals surface area contributed by atoms with Gasteiger partial charge < -0.3 is 16.2 Å². The molecule has 0 aliphatic heterocycles. The maximum absolute atomic E-state index is 11.4. The van der Waals surface area contributed by atoms with Gasteiger partial charge in [-0.25, -0.2) is 4.79 Å². The average molecular weight is 236 g/mol. The van der Waals surface area contributed by atoms with E-state index in [1.165, 1.54) is 0 Å². The zero-order valence-corrected chi connectivity index (χ0v) is 9.68. The average Bonchev–Trinajstić information content (AvgIpc) is 2.31. The summed E-state index contributed by atoms with van der Waals surface area (Å²) in [7, 11) is 0. The van der Waals surface area contributed by atoms with Crippen LogP contribution in [0.4, 0.5) is 5.69 Å². The van der Waals surface area contributed by atoms with E-state index in [1.807, 2.05) is 0 Å². The molecule has 5 nitrogen and oxygen atoms in total. The predicted molar refractivity (Wildman–Crippen MR) is 63.9 cm³/mol. The minimum absolute atomic E-state index is 0.153. The molecule has 1 rings (SSSR count). The Kier molecular flexibility index (Phi) is 4.66. The number of carbonyl (C=O) groups excluding carboxylic acids is 2. The van der Waals surface area contributed by atoms with Gasteiger partial charge in [0, 0.05) is 12.1 Å². The van der Waals surface area contributed by atoms with Gasteiger partial charge in [-0.2, -0.15) is 0 Å². The molecule has 0 heterocycles. The zero-order chi connectivity index (χ0) is 12.8. The van der Waals surface area contributed by atoms with Crippen molar-refractivity contribution in [2.75, 3.05) is 5.73 Å². The van der Waals surface area contributed by atoms with Crippen molar-refractivity contribution < 1.29 is 14.3 Å². The number of nitrogen functional groups attached to an aromatic ring is 1. The molecule has 1 aromatic rings. The highest BCUT2D eigenvalue weighted by molar-refractivity contribution is 5.88. The highest BCUT2D eigenvalue weighted by atomic mass is 16.6. The van der Waals surface area contributed by atoms with Crippen LogP contribution in [0, 0.1) is 0 Å². The fourth-order valence-electron chi connectivity index (χ4n) is 1.25. The summed E-state index contributed by atoms with van der Waals surface area (Å²) in [5, 5.41) is 0. The molecule has 0 aliphatic carbocycles. The normalized spacial score (nSPS) is 11.9. The molecule has 0 aromatic heterocycles. The van der Waals surface area contributed by atoms with Crippen molar-refractivity contribution >= 4 is 17.6 Å². The van der Waals surface area contributed by atoms with E-state index in [2.05, 4.69) is 4.74 Å². The van der Waals surface area contributed by atoms with E-state index in [-0.39, 0.29) is 6.42 Å². The zero-order valence-electron chi connectivity index (χ0n) is 9.68. The fourth-order valence-corrected chi connectivity index (χ4v) is 1.25. The van der Waals surface area contributed by atoms with Crippen LogP contribution in [0.1, 0.15) is 18.9 Å². The van der Waals surface area contributed by atoms with Crippen molar-refractivity contribution in [2.24, 2.45) is 5.73 Å². The third-order valence-corrected chi connectivity index (χ3v) is 2.24. The number of esters is 2. The number of ether oxygens (including phenoxy) is 1. The summed E-state index contributed by atoms with van der Waals surface area (Å²) in [6.45, 7) is 1.61. The Morgan fingerprint density at radius 3 is 2.41 bits per heavy atom. The van der Waals surface area contributed by atoms with Crippen LogP contribution in [-0.4, -0.2) is 18.0 Å². The van der Waals surface area contributed by atoms with E-state index < -0.39 is 18.0 Å². The summed E-state index contributed by atoms with van der Waals surface area (Å²) >= 11 is 0. The minimum Gasteiger partial charge on any atom is -0.399 e. The molecular weight excluding hydrogens is 220 g/mol. The van der Waals surface area contributed by atoms with Crippen LogP contribution in [0.25, 0.3) is 0 Å². The molecule has 0 amide bonds. The predicted octanol–water partition coefficient (Wildman–Crippen LogP) is 0.618. The maximum atomic E-state index is 11.4. The molecule has 92 valence electrons. The van der Waals surface area contributed by atoms with Crippen molar-refractivity contribution in [1.82, 2.24) is 0 Å². The summed E-state index contributed by atoms with van der Waals surface area (Å²) in [4.78, 5) is 22.3. The second-order valence-corrected chi connectivity index (χ2v) is 3.70. The van der Waals surface area contributed by atoms with Gasteiger partial charge in [0.15, 0.2) is 0 Å². The topological polar surface area (TPSA) is 95.4 Å². The van der Waals surface area contributed by atoms with Gasteiger partial charge in [-0.15, -0.1) is 0 Å². The maximum Gasteiger partial charge on any atom is 0.330 e. The summed E-state index contributed by atoms with van der Waals surface area (Å²) < 4.78 is 4.53.